The van der Waals surface area contributed by atoms with Gasteiger partial charge in [0.2, 0.25) is 0 Å². The second-order valence-electron chi connectivity index (χ2n) is 13.8. The predicted octanol–water partition coefficient (Wildman–Crippen LogP) is 13.5. The van der Waals surface area contributed by atoms with Crippen molar-refractivity contribution < 1.29 is 0 Å². The molecule has 0 aliphatic carbocycles. The lowest BCUT2D eigenvalue weighted by Crippen LogP contribution is -1.95. The summed E-state index contributed by atoms with van der Waals surface area (Å²) in [6, 6.07) is 71.0. The Balaban J connectivity index is 1.06. The lowest BCUT2D eigenvalue weighted by molar-refractivity contribution is 1.18. The van der Waals surface area contributed by atoms with Gasteiger partial charge < -0.3 is 9.13 Å². The van der Waals surface area contributed by atoms with E-state index in [1.54, 1.807) is 0 Å². The molecule has 0 amide bonds. The maximum absolute atomic E-state index is 2.47. The zero-order chi connectivity index (χ0) is 34.2. The van der Waals surface area contributed by atoms with E-state index in [9.17, 15) is 0 Å². The van der Waals surface area contributed by atoms with Crippen molar-refractivity contribution in [1.82, 2.24) is 9.13 Å². The number of hydrogen-bond donors (Lipinski definition) is 0. The van der Waals surface area contributed by atoms with Crippen LogP contribution in [0.2, 0.25) is 0 Å². The SMILES string of the molecule is c1ccc2cc(-c3ccc(-c4ccc(-n5c6ccccc6c6c5ccc5c7ccccc7n(-c7ccc8ccccc8c7)c56)cc4)cc3)ccc2c1. The lowest BCUT2D eigenvalue weighted by Gasteiger charge is -2.11. The number of para-hydroxylation sites is 2. The van der Waals surface area contributed by atoms with E-state index in [-0.39, 0.29) is 0 Å². The third-order valence-corrected chi connectivity index (χ3v) is 10.9. The van der Waals surface area contributed by atoms with Crippen LogP contribution in [0.4, 0.5) is 0 Å². The van der Waals surface area contributed by atoms with Crippen LogP contribution >= 0.6 is 0 Å². The largest absolute Gasteiger partial charge is 0.309 e. The first-order valence-corrected chi connectivity index (χ1v) is 17.9. The lowest BCUT2D eigenvalue weighted by atomic mass is 9.98. The van der Waals surface area contributed by atoms with Crippen LogP contribution < -0.4 is 0 Å². The summed E-state index contributed by atoms with van der Waals surface area (Å²) in [7, 11) is 0. The van der Waals surface area contributed by atoms with E-state index in [0.29, 0.717) is 0 Å². The van der Waals surface area contributed by atoms with Gasteiger partial charge in [0.05, 0.1) is 22.1 Å². The van der Waals surface area contributed by atoms with Crippen molar-refractivity contribution in [3.05, 3.63) is 194 Å². The van der Waals surface area contributed by atoms with Crippen LogP contribution in [0.5, 0.6) is 0 Å². The number of hydrogen-bond acceptors (Lipinski definition) is 0. The van der Waals surface area contributed by atoms with Crippen molar-refractivity contribution in [3.63, 3.8) is 0 Å². The summed E-state index contributed by atoms with van der Waals surface area (Å²) < 4.78 is 4.90. The maximum Gasteiger partial charge on any atom is 0.0641 e. The predicted molar refractivity (Wildman–Crippen MR) is 221 cm³/mol. The number of aromatic nitrogens is 2. The Labute approximate surface area is 301 Å². The molecule has 2 heteroatoms. The fraction of sp³-hybridized carbons (Fsp3) is 0. The molecule has 11 aromatic rings. The van der Waals surface area contributed by atoms with Gasteiger partial charge in [-0.1, -0.05) is 146 Å². The molecular weight excluding hydrogens is 629 g/mol. The number of fused-ring (bicyclic) bond motifs is 9. The highest BCUT2D eigenvalue weighted by Gasteiger charge is 2.20. The van der Waals surface area contributed by atoms with Crippen LogP contribution in [0, 0.1) is 0 Å². The van der Waals surface area contributed by atoms with Gasteiger partial charge in [0.25, 0.3) is 0 Å². The van der Waals surface area contributed by atoms with E-state index in [2.05, 4.69) is 203 Å². The highest BCUT2D eigenvalue weighted by molar-refractivity contribution is 6.26. The summed E-state index contributed by atoms with van der Waals surface area (Å²) in [6.45, 7) is 0. The molecule has 0 atom stereocenters. The third-order valence-electron chi connectivity index (χ3n) is 10.9. The summed E-state index contributed by atoms with van der Waals surface area (Å²) in [5, 5.41) is 10.1. The Morgan fingerprint density at radius 3 is 1.48 bits per heavy atom. The number of rotatable bonds is 4. The van der Waals surface area contributed by atoms with E-state index in [0.717, 1.165) is 5.69 Å². The number of benzene rings is 9. The van der Waals surface area contributed by atoms with Gasteiger partial charge in [-0.05, 0) is 92.3 Å². The van der Waals surface area contributed by atoms with E-state index in [1.807, 2.05) is 0 Å². The fourth-order valence-corrected chi connectivity index (χ4v) is 8.40. The molecule has 0 saturated carbocycles. The Kier molecular flexibility index (Phi) is 6.28. The minimum atomic E-state index is 1.15. The van der Waals surface area contributed by atoms with Gasteiger partial charge in [-0.15, -0.1) is 0 Å². The number of nitrogens with zero attached hydrogens (tertiary/aromatic N) is 2. The molecule has 0 radical (unpaired) electrons. The molecule has 0 aliphatic heterocycles. The van der Waals surface area contributed by atoms with E-state index in [1.165, 1.54) is 93.1 Å². The summed E-state index contributed by atoms with van der Waals surface area (Å²) in [5.74, 6) is 0. The minimum absolute atomic E-state index is 1.15. The first kappa shape index (κ1) is 28.9. The van der Waals surface area contributed by atoms with Crippen LogP contribution in [0.15, 0.2) is 194 Å². The summed E-state index contributed by atoms with van der Waals surface area (Å²) in [6.07, 6.45) is 0. The second-order valence-corrected chi connectivity index (χ2v) is 13.8. The molecule has 0 unspecified atom stereocenters. The normalized spacial score (nSPS) is 11.8. The fourth-order valence-electron chi connectivity index (χ4n) is 8.40. The second kappa shape index (κ2) is 11.3. The van der Waals surface area contributed by atoms with Crippen LogP contribution in [0.25, 0.3) is 98.8 Å². The molecule has 0 spiro atoms. The monoisotopic (exact) mass is 660 g/mol. The van der Waals surface area contributed by atoms with Crippen molar-refractivity contribution in [2.45, 2.75) is 0 Å². The van der Waals surface area contributed by atoms with Crippen molar-refractivity contribution >= 4 is 65.2 Å². The van der Waals surface area contributed by atoms with Gasteiger partial charge in [0, 0.05) is 32.9 Å². The molecule has 2 nitrogen and oxygen atoms in total. The summed E-state index contributed by atoms with van der Waals surface area (Å²) in [4.78, 5) is 0. The van der Waals surface area contributed by atoms with Crippen LogP contribution in [0.3, 0.4) is 0 Å². The Morgan fingerprint density at radius 2 is 0.769 bits per heavy atom. The molecule has 0 saturated heterocycles. The third kappa shape index (κ3) is 4.38. The quantitative estimate of drug-likeness (QED) is 0.178. The van der Waals surface area contributed by atoms with Gasteiger partial charge in [-0.25, -0.2) is 0 Å². The van der Waals surface area contributed by atoms with Crippen molar-refractivity contribution in [2.75, 3.05) is 0 Å². The van der Waals surface area contributed by atoms with Gasteiger partial charge >= 0.3 is 0 Å². The van der Waals surface area contributed by atoms with Crippen LogP contribution in [-0.4, -0.2) is 9.13 Å². The zero-order valence-corrected chi connectivity index (χ0v) is 28.4. The molecule has 0 fully saturated rings. The molecule has 242 valence electrons. The molecular formula is C50H32N2. The van der Waals surface area contributed by atoms with Crippen molar-refractivity contribution in [2.24, 2.45) is 0 Å². The van der Waals surface area contributed by atoms with Gasteiger partial charge in [0.15, 0.2) is 0 Å². The Hall–Kier alpha value is -6.90. The first-order chi connectivity index (χ1) is 25.8. The molecule has 2 aromatic heterocycles. The van der Waals surface area contributed by atoms with Gasteiger partial charge in [0.1, 0.15) is 0 Å². The summed E-state index contributed by atoms with van der Waals surface area (Å²) >= 11 is 0. The van der Waals surface area contributed by atoms with E-state index < -0.39 is 0 Å². The smallest absolute Gasteiger partial charge is 0.0641 e. The van der Waals surface area contributed by atoms with E-state index >= 15 is 0 Å². The molecule has 0 aliphatic rings. The standard InChI is InChI=1S/C50H32N2/c1-3-11-38-31-40(22-21-33(38)9-1)37-19-17-35(18-20-37)36-23-26-41(27-24-36)51-47-16-8-6-14-45(47)49-48(51)30-29-44-43-13-5-7-15-46(43)52(50(44)49)42-28-25-34-10-2-4-12-39(34)32-42/h1-32H. The van der Waals surface area contributed by atoms with Crippen LogP contribution in [0.1, 0.15) is 0 Å². The molecule has 11 rings (SSSR count). The van der Waals surface area contributed by atoms with Crippen molar-refractivity contribution in [3.8, 4) is 33.6 Å². The average Bonchev–Trinajstić information content (AvgIpc) is 3.74. The Morgan fingerprint density at radius 1 is 0.269 bits per heavy atom. The maximum atomic E-state index is 2.47. The van der Waals surface area contributed by atoms with Gasteiger partial charge in [-0.3, -0.25) is 0 Å². The molecule has 9 aromatic carbocycles. The molecule has 0 bridgehead atoms. The highest BCUT2D eigenvalue weighted by Crippen LogP contribution is 2.42. The highest BCUT2D eigenvalue weighted by atomic mass is 15.0. The molecule has 2 heterocycles. The first-order valence-electron chi connectivity index (χ1n) is 17.9. The zero-order valence-electron chi connectivity index (χ0n) is 28.4. The average molecular weight is 661 g/mol. The Bertz CT molecular complexity index is 3160. The molecule has 52 heavy (non-hydrogen) atoms. The minimum Gasteiger partial charge on any atom is -0.309 e. The summed E-state index contributed by atoms with van der Waals surface area (Å²) in [5.41, 5.74) is 12.1. The van der Waals surface area contributed by atoms with Crippen LogP contribution in [-0.2, 0) is 0 Å². The van der Waals surface area contributed by atoms with E-state index in [4.69, 9.17) is 0 Å². The molecule has 0 N–H and O–H groups in total. The van der Waals surface area contributed by atoms with Crippen molar-refractivity contribution in [1.29, 1.82) is 0 Å². The topological polar surface area (TPSA) is 9.86 Å². The van der Waals surface area contributed by atoms with Gasteiger partial charge in [-0.2, -0.15) is 0 Å².